The van der Waals surface area contributed by atoms with E-state index in [1.807, 2.05) is 6.92 Å². The normalized spacial score (nSPS) is 22.5. The number of aromatic nitrogens is 4. The second-order valence-corrected chi connectivity index (χ2v) is 12.4. The van der Waals surface area contributed by atoms with Crippen LogP contribution in [0.25, 0.3) is 11.2 Å². The van der Waals surface area contributed by atoms with E-state index in [0.717, 1.165) is 0 Å². The third-order valence-corrected chi connectivity index (χ3v) is 8.76. The summed E-state index contributed by atoms with van der Waals surface area (Å²) in [5.74, 6) is -1.13. The Morgan fingerprint density at radius 1 is 1.05 bits per heavy atom. The molecule has 3 aromatic rings. The van der Waals surface area contributed by atoms with E-state index in [1.54, 1.807) is 18.4 Å². The van der Waals surface area contributed by atoms with Crippen molar-refractivity contribution < 1.29 is 32.2 Å². The Labute approximate surface area is 254 Å². The molecule has 2 aromatic heterocycles. The molecule has 5 rings (SSSR count). The van der Waals surface area contributed by atoms with Gasteiger partial charge >= 0.3 is 6.03 Å². The van der Waals surface area contributed by atoms with E-state index in [4.69, 9.17) is 14.2 Å². The molecule has 2 aliphatic heterocycles. The first-order chi connectivity index (χ1) is 21.0. The molecule has 44 heavy (non-hydrogen) atoms. The topological polar surface area (TPSA) is 179 Å². The number of benzene rings is 1. The minimum Gasteiger partial charge on any atom is -0.354 e. The van der Waals surface area contributed by atoms with Gasteiger partial charge in [0.1, 0.15) is 18.5 Å². The fourth-order valence-electron chi connectivity index (χ4n) is 5.10. The fraction of sp³-hybridized carbons (Fsp3) is 0.393. The molecule has 2 aliphatic rings. The van der Waals surface area contributed by atoms with Crippen molar-refractivity contribution in [1.29, 1.82) is 0 Å². The highest BCUT2D eigenvalue weighted by atomic mass is 32.2. The van der Waals surface area contributed by atoms with Gasteiger partial charge in [-0.3, -0.25) is 14.7 Å². The summed E-state index contributed by atoms with van der Waals surface area (Å²) in [6.45, 7) is 13.2. The Balaban J connectivity index is 1.32. The van der Waals surface area contributed by atoms with Crippen LogP contribution in [-0.4, -0.2) is 87.9 Å². The zero-order valence-corrected chi connectivity index (χ0v) is 25.3. The SMILES string of the molecule is C=CCN(CC=C)S(=O)(=O)c1ccc(NC(=O)Nc2ncnc3c2ncn3[C@@H]2O[C@H](C(=O)NCC)[C@H]3OC(C)(C)O[C@H]32)cc1. The maximum absolute atomic E-state index is 12.9. The Bertz CT molecular complexity index is 1660. The van der Waals surface area contributed by atoms with Gasteiger partial charge in [0.05, 0.1) is 11.2 Å². The second-order valence-electron chi connectivity index (χ2n) is 10.5. The number of nitrogens with zero attached hydrogens (tertiary/aromatic N) is 5. The molecule has 3 amide bonds. The number of amides is 3. The van der Waals surface area contributed by atoms with Gasteiger partial charge < -0.3 is 24.8 Å². The van der Waals surface area contributed by atoms with Crippen molar-refractivity contribution in [1.82, 2.24) is 29.1 Å². The van der Waals surface area contributed by atoms with E-state index in [2.05, 4.69) is 44.1 Å². The Kier molecular flexibility index (Phi) is 8.80. The van der Waals surface area contributed by atoms with Crippen molar-refractivity contribution in [2.24, 2.45) is 0 Å². The largest absolute Gasteiger partial charge is 0.354 e. The van der Waals surface area contributed by atoms with Crippen molar-refractivity contribution >= 4 is 44.6 Å². The van der Waals surface area contributed by atoms with Gasteiger partial charge in [0, 0.05) is 25.3 Å². The lowest BCUT2D eigenvalue weighted by molar-refractivity contribution is -0.197. The molecule has 4 heterocycles. The summed E-state index contributed by atoms with van der Waals surface area (Å²) >= 11 is 0. The number of hydrogen-bond donors (Lipinski definition) is 3. The van der Waals surface area contributed by atoms with E-state index in [0.29, 0.717) is 17.9 Å². The predicted molar refractivity (Wildman–Crippen MR) is 160 cm³/mol. The number of urea groups is 1. The maximum atomic E-state index is 12.9. The van der Waals surface area contributed by atoms with Crippen molar-refractivity contribution in [2.45, 2.75) is 56.0 Å². The first-order valence-electron chi connectivity index (χ1n) is 13.9. The highest BCUT2D eigenvalue weighted by Crippen LogP contribution is 2.44. The summed E-state index contributed by atoms with van der Waals surface area (Å²) in [6.07, 6.45) is 2.73. The average Bonchev–Trinajstić information content (AvgIpc) is 3.64. The molecule has 0 radical (unpaired) electrons. The van der Waals surface area contributed by atoms with Gasteiger partial charge in [-0.2, -0.15) is 4.31 Å². The number of sulfonamides is 1. The lowest BCUT2D eigenvalue weighted by Gasteiger charge is -2.24. The number of carbonyl (C=O) groups excluding carboxylic acids is 2. The lowest BCUT2D eigenvalue weighted by Crippen LogP contribution is -2.42. The molecule has 2 saturated heterocycles. The smallest absolute Gasteiger partial charge is 0.324 e. The predicted octanol–water partition coefficient (Wildman–Crippen LogP) is 2.39. The number of imidazole rings is 1. The van der Waals surface area contributed by atoms with Gasteiger partial charge in [-0.05, 0) is 45.0 Å². The number of carbonyl (C=O) groups is 2. The van der Waals surface area contributed by atoms with Crippen LogP contribution in [-0.2, 0) is 29.0 Å². The molecule has 0 unspecified atom stereocenters. The Morgan fingerprint density at radius 2 is 1.73 bits per heavy atom. The summed E-state index contributed by atoms with van der Waals surface area (Å²) in [5, 5.41) is 8.07. The number of likely N-dealkylation sites (N-methyl/N-ethyl adjacent to an activating group) is 1. The minimum absolute atomic E-state index is 0.0565. The molecule has 0 spiro atoms. The van der Waals surface area contributed by atoms with Gasteiger partial charge in [-0.25, -0.2) is 28.2 Å². The van der Waals surface area contributed by atoms with Crippen LogP contribution in [0.2, 0.25) is 0 Å². The quantitative estimate of drug-likeness (QED) is 0.268. The van der Waals surface area contributed by atoms with Crippen molar-refractivity contribution in [3.8, 4) is 0 Å². The third-order valence-electron chi connectivity index (χ3n) is 6.92. The van der Waals surface area contributed by atoms with E-state index in [1.165, 1.54) is 53.4 Å². The first kappa shape index (κ1) is 31.2. The molecule has 4 atom stereocenters. The fourth-order valence-corrected chi connectivity index (χ4v) is 6.49. The summed E-state index contributed by atoms with van der Waals surface area (Å²) in [5.41, 5.74) is 0.953. The van der Waals surface area contributed by atoms with Crippen LogP contribution < -0.4 is 16.0 Å². The first-order valence-corrected chi connectivity index (χ1v) is 15.3. The van der Waals surface area contributed by atoms with Crippen molar-refractivity contribution in [3.05, 3.63) is 62.2 Å². The van der Waals surface area contributed by atoms with Crippen LogP contribution in [0.4, 0.5) is 16.3 Å². The van der Waals surface area contributed by atoms with Crippen LogP contribution in [0.3, 0.4) is 0 Å². The van der Waals surface area contributed by atoms with Gasteiger partial charge in [-0.1, -0.05) is 12.2 Å². The summed E-state index contributed by atoms with van der Waals surface area (Å²) in [4.78, 5) is 38.6. The molecule has 0 saturated carbocycles. The number of ether oxygens (including phenoxy) is 3. The molecule has 1 aromatic carbocycles. The molecular formula is C28H34N8O7S. The van der Waals surface area contributed by atoms with Crippen LogP contribution in [0.15, 0.2) is 67.1 Å². The molecule has 16 heteroatoms. The zero-order valence-electron chi connectivity index (χ0n) is 24.5. The molecule has 3 N–H and O–H groups in total. The molecule has 234 valence electrons. The lowest BCUT2D eigenvalue weighted by atomic mass is 10.1. The molecule has 2 fully saturated rings. The molecule has 15 nitrogen and oxygen atoms in total. The van der Waals surface area contributed by atoms with Crippen molar-refractivity contribution in [2.75, 3.05) is 30.3 Å². The minimum atomic E-state index is -3.79. The molecule has 0 aliphatic carbocycles. The Hall–Kier alpha value is -4.22. The van der Waals surface area contributed by atoms with E-state index >= 15 is 0 Å². The highest BCUT2D eigenvalue weighted by molar-refractivity contribution is 7.89. The number of rotatable bonds is 11. The van der Waals surface area contributed by atoms with Crippen LogP contribution in [0, 0.1) is 0 Å². The number of anilines is 2. The van der Waals surface area contributed by atoms with Crippen LogP contribution in [0.1, 0.15) is 27.0 Å². The number of nitrogens with one attached hydrogen (secondary N) is 3. The summed E-state index contributed by atoms with van der Waals surface area (Å²) in [6, 6.07) is 5.10. The molecule has 0 bridgehead atoms. The molecular weight excluding hydrogens is 592 g/mol. The summed E-state index contributed by atoms with van der Waals surface area (Å²) < 4.78 is 46.9. The number of hydrogen-bond acceptors (Lipinski definition) is 10. The van der Waals surface area contributed by atoms with Crippen LogP contribution in [0.5, 0.6) is 0 Å². The van der Waals surface area contributed by atoms with Gasteiger partial charge in [0.15, 0.2) is 35.1 Å². The zero-order chi connectivity index (χ0) is 31.6. The maximum Gasteiger partial charge on any atom is 0.324 e. The van der Waals surface area contributed by atoms with Gasteiger partial charge in [0.2, 0.25) is 10.0 Å². The van der Waals surface area contributed by atoms with Crippen molar-refractivity contribution in [3.63, 3.8) is 0 Å². The van der Waals surface area contributed by atoms with E-state index < -0.39 is 46.4 Å². The highest BCUT2D eigenvalue weighted by Gasteiger charge is 2.58. The Morgan fingerprint density at radius 3 is 2.39 bits per heavy atom. The van der Waals surface area contributed by atoms with Gasteiger partial charge in [0.25, 0.3) is 5.91 Å². The monoisotopic (exact) mass is 626 g/mol. The summed E-state index contributed by atoms with van der Waals surface area (Å²) in [7, 11) is -3.79. The number of fused-ring (bicyclic) bond motifs is 2. The van der Waals surface area contributed by atoms with E-state index in [9.17, 15) is 18.0 Å². The standard InChI is InChI=1S/C28H34N8O7S/c1-6-13-35(14-7-2)44(39,40)18-11-9-17(10-12-18)33-27(38)34-23-19-24(31-15-30-23)36(16-32-19)26-22-20(42-28(4,5)43-22)21(41-26)25(37)29-8-3/h6-7,9-12,15-16,20-22,26H,1-2,8,13-14H2,3-5H3,(H,29,37)(H2,30,31,33,34,38)/t20-,21+,22-,26-/m1/s1. The van der Waals surface area contributed by atoms with Gasteiger partial charge in [-0.15, -0.1) is 13.2 Å². The second kappa shape index (κ2) is 12.4. The van der Waals surface area contributed by atoms with Crippen LogP contribution >= 0.6 is 0 Å². The average molecular weight is 627 g/mol. The third kappa shape index (κ3) is 6.07. The van der Waals surface area contributed by atoms with E-state index in [-0.39, 0.29) is 35.2 Å².